The number of hydrogen-bond donors (Lipinski definition) is 2. The summed E-state index contributed by atoms with van der Waals surface area (Å²) in [6, 6.07) is 11.0. The molecule has 0 aliphatic heterocycles. The Morgan fingerprint density at radius 1 is 1.23 bits per heavy atom. The Balaban J connectivity index is 1.92. The number of pyridine rings is 1. The van der Waals surface area contributed by atoms with Gasteiger partial charge in [-0.15, -0.1) is 5.10 Å². The Morgan fingerprint density at radius 3 is 2.68 bits per heavy atom. The lowest BCUT2D eigenvalue weighted by Crippen LogP contribution is -2.15. The van der Waals surface area contributed by atoms with E-state index in [2.05, 4.69) is 30.9 Å². The van der Waals surface area contributed by atoms with Crippen molar-refractivity contribution in [1.82, 2.24) is 25.6 Å². The van der Waals surface area contributed by atoms with Crippen LogP contribution in [0.4, 0.5) is 5.95 Å². The maximum Gasteiger partial charge on any atom is 0.276 e. The first kappa shape index (κ1) is 14.2. The molecule has 0 radical (unpaired) electrons. The first-order valence-electron chi connectivity index (χ1n) is 6.41. The molecule has 1 aromatic carbocycles. The Morgan fingerprint density at radius 2 is 2.00 bits per heavy atom. The molecular weight excluding hydrogens is 304 g/mol. The highest BCUT2D eigenvalue weighted by molar-refractivity contribution is 6.31. The van der Waals surface area contributed by atoms with Gasteiger partial charge in [0, 0.05) is 10.6 Å². The van der Waals surface area contributed by atoms with Gasteiger partial charge in [0.05, 0.1) is 5.69 Å². The second-order valence-electron chi connectivity index (χ2n) is 4.61. The van der Waals surface area contributed by atoms with Crippen LogP contribution in [0.5, 0.6) is 0 Å². The minimum absolute atomic E-state index is 0.0728. The van der Waals surface area contributed by atoms with Crippen LogP contribution >= 0.6 is 11.6 Å². The molecule has 22 heavy (non-hydrogen) atoms. The zero-order valence-electron chi connectivity index (χ0n) is 11.5. The fourth-order valence-electron chi connectivity index (χ4n) is 1.87. The third kappa shape index (κ3) is 3.09. The molecule has 0 fully saturated rings. The molecule has 7 nitrogen and oxygen atoms in total. The summed E-state index contributed by atoms with van der Waals surface area (Å²) in [5, 5.41) is 15.8. The first-order valence-corrected chi connectivity index (χ1v) is 6.79. The molecule has 8 heteroatoms. The van der Waals surface area contributed by atoms with Crippen LogP contribution in [0.2, 0.25) is 5.02 Å². The summed E-state index contributed by atoms with van der Waals surface area (Å²) in [5.74, 6) is -0.388. The molecule has 0 atom stereocenters. The third-order valence-corrected chi connectivity index (χ3v) is 3.16. The standard InChI is InChI=1S/C14H11ClN6O/c1-8-2-4-9(5-3-8)11-6-10(15)7-12(16-11)13(22)17-14-18-20-21-19-14/h2-7H,1H3,(H2,17,18,19,20,21,22). The average molecular weight is 315 g/mol. The molecule has 0 saturated carbocycles. The van der Waals surface area contributed by atoms with Crippen LogP contribution in [0.3, 0.4) is 0 Å². The second-order valence-corrected chi connectivity index (χ2v) is 5.05. The molecule has 3 aromatic rings. The lowest BCUT2D eigenvalue weighted by molar-refractivity contribution is 0.102. The van der Waals surface area contributed by atoms with E-state index in [-0.39, 0.29) is 11.6 Å². The quantitative estimate of drug-likeness (QED) is 0.774. The number of carbonyl (C=O) groups is 1. The number of rotatable bonds is 3. The first-order chi connectivity index (χ1) is 10.6. The lowest BCUT2D eigenvalue weighted by Gasteiger charge is -2.06. The van der Waals surface area contributed by atoms with Gasteiger partial charge in [0.15, 0.2) is 0 Å². The molecule has 1 amide bonds. The van der Waals surface area contributed by atoms with Crippen molar-refractivity contribution >= 4 is 23.5 Å². The van der Waals surface area contributed by atoms with Crippen LogP contribution in [-0.4, -0.2) is 31.5 Å². The topological polar surface area (TPSA) is 96.5 Å². The Labute approximate surface area is 130 Å². The minimum Gasteiger partial charge on any atom is -0.286 e. The van der Waals surface area contributed by atoms with Gasteiger partial charge in [-0.2, -0.15) is 5.21 Å². The number of amides is 1. The zero-order chi connectivity index (χ0) is 15.5. The highest BCUT2D eigenvalue weighted by atomic mass is 35.5. The van der Waals surface area contributed by atoms with Gasteiger partial charge in [-0.25, -0.2) is 4.98 Å². The molecule has 3 rings (SSSR count). The Kier molecular flexibility index (Phi) is 3.80. The molecule has 0 aliphatic rings. The second kappa shape index (κ2) is 5.90. The predicted molar refractivity (Wildman–Crippen MR) is 81.6 cm³/mol. The van der Waals surface area contributed by atoms with Gasteiger partial charge in [0.1, 0.15) is 5.69 Å². The summed E-state index contributed by atoms with van der Waals surface area (Å²) in [6.45, 7) is 2.00. The summed E-state index contributed by atoms with van der Waals surface area (Å²) < 4.78 is 0. The Bertz CT molecular complexity index is 801. The normalized spacial score (nSPS) is 10.5. The largest absolute Gasteiger partial charge is 0.286 e. The van der Waals surface area contributed by atoms with Gasteiger partial charge in [-0.1, -0.05) is 46.5 Å². The van der Waals surface area contributed by atoms with E-state index in [4.69, 9.17) is 11.6 Å². The fraction of sp³-hybridized carbons (Fsp3) is 0.0714. The number of aromatic nitrogens is 5. The molecule has 2 heterocycles. The number of aryl methyl sites for hydroxylation is 1. The molecule has 0 saturated heterocycles. The van der Waals surface area contributed by atoms with Crippen molar-refractivity contribution in [2.75, 3.05) is 5.32 Å². The molecule has 2 N–H and O–H groups in total. The van der Waals surface area contributed by atoms with E-state index in [0.29, 0.717) is 10.7 Å². The van der Waals surface area contributed by atoms with Crippen LogP contribution in [0.25, 0.3) is 11.3 Å². The number of carbonyl (C=O) groups excluding carboxylic acids is 1. The molecule has 0 spiro atoms. The van der Waals surface area contributed by atoms with E-state index in [1.807, 2.05) is 31.2 Å². The van der Waals surface area contributed by atoms with Gasteiger partial charge in [0.25, 0.3) is 11.9 Å². The van der Waals surface area contributed by atoms with Gasteiger partial charge in [0.2, 0.25) is 0 Å². The highest BCUT2D eigenvalue weighted by Crippen LogP contribution is 2.22. The monoisotopic (exact) mass is 314 g/mol. The molecular formula is C14H11ClN6O. The van der Waals surface area contributed by atoms with Crippen molar-refractivity contribution in [1.29, 1.82) is 0 Å². The van der Waals surface area contributed by atoms with E-state index < -0.39 is 5.91 Å². The van der Waals surface area contributed by atoms with Gasteiger partial charge in [-0.3, -0.25) is 10.1 Å². The van der Waals surface area contributed by atoms with Crippen LogP contribution in [-0.2, 0) is 0 Å². The van der Waals surface area contributed by atoms with Crippen LogP contribution in [0.1, 0.15) is 16.1 Å². The van der Waals surface area contributed by atoms with Crippen molar-refractivity contribution in [2.45, 2.75) is 6.92 Å². The molecule has 0 aliphatic carbocycles. The van der Waals surface area contributed by atoms with Crippen molar-refractivity contribution < 1.29 is 4.79 Å². The van der Waals surface area contributed by atoms with E-state index in [1.54, 1.807) is 6.07 Å². The minimum atomic E-state index is -0.461. The van der Waals surface area contributed by atoms with E-state index >= 15 is 0 Å². The summed E-state index contributed by atoms with van der Waals surface area (Å²) in [4.78, 5) is 16.5. The van der Waals surface area contributed by atoms with Crippen molar-refractivity contribution in [3.8, 4) is 11.3 Å². The number of benzene rings is 1. The van der Waals surface area contributed by atoms with E-state index in [0.717, 1.165) is 11.1 Å². The fourth-order valence-corrected chi connectivity index (χ4v) is 2.07. The SMILES string of the molecule is Cc1ccc(-c2cc(Cl)cc(C(=O)Nc3nn[nH]n3)n2)cc1. The summed E-state index contributed by atoms with van der Waals surface area (Å²) in [6.07, 6.45) is 0. The maximum absolute atomic E-state index is 12.1. The summed E-state index contributed by atoms with van der Waals surface area (Å²) >= 11 is 6.09. The number of aromatic amines is 1. The lowest BCUT2D eigenvalue weighted by atomic mass is 10.1. The molecule has 0 bridgehead atoms. The van der Waals surface area contributed by atoms with Crippen molar-refractivity contribution in [2.24, 2.45) is 0 Å². The van der Waals surface area contributed by atoms with Gasteiger partial charge in [-0.05, 0) is 24.3 Å². The molecule has 0 unspecified atom stereocenters. The zero-order valence-corrected chi connectivity index (χ0v) is 12.3. The van der Waals surface area contributed by atoms with E-state index in [9.17, 15) is 4.79 Å². The maximum atomic E-state index is 12.1. The number of tetrazole rings is 1. The molecule has 2 aromatic heterocycles. The van der Waals surface area contributed by atoms with Crippen molar-refractivity contribution in [3.63, 3.8) is 0 Å². The van der Waals surface area contributed by atoms with Crippen LogP contribution in [0, 0.1) is 6.92 Å². The smallest absolute Gasteiger partial charge is 0.276 e. The molecule has 110 valence electrons. The number of H-pyrrole nitrogens is 1. The van der Waals surface area contributed by atoms with Gasteiger partial charge >= 0.3 is 0 Å². The number of anilines is 1. The highest BCUT2D eigenvalue weighted by Gasteiger charge is 2.13. The average Bonchev–Trinajstić information content (AvgIpc) is 3.00. The van der Waals surface area contributed by atoms with Crippen LogP contribution < -0.4 is 5.32 Å². The Hall–Kier alpha value is -2.80. The van der Waals surface area contributed by atoms with Gasteiger partial charge < -0.3 is 0 Å². The number of halogens is 1. The van der Waals surface area contributed by atoms with Crippen LogP contribution in [0.15, 0.2) is 36.4 Å². The number of hydrogen-bond acceptors (Lipinski definition) is 5. The predicted octanol–water partition coefficient (Wildman–Crippen LogP) is 2.48. The summed E-state index contributed by atoms with van der Waals surface area (Å²) in [5.41, 5.74) is 2.81. The number of nitrogens with zero attached hydrogens (tertiary/aromatic N) is 4. The van der Waals surface area contributed by atoms with E-state index in [1.165, 1.54) is 6.07 Å². The number of nitrogens with one attached hydrogen (secondary N) is 2. The third-order valence-electron chi connectivity index (χ3n) is 2.94. The summed E-state index contributed by atoms with van der Waals surface area (Å²) in [7, 11) is 0. The van der Waals surface area contributed by atoms with Crippen molar-refractivity contribution in [3.05, 3.63) is 52.7 Å².